The minimum absolute atomic E-state index is 0.186. The molecule has 0 radical (unpaired) electrons. The van der Waals surface area contributed by atoms with Gasteiger partial charge in [0, 0.05) is 50.7 Å². The van der Waals surface area contributed by atoms with Crippen LogP contribution in [-0.4, -0.2) is 42.3 Å². The van der Waals surface area contributed by atoms with Crippen LogP contribution in [0, 0.1) is 22.9 Å². The van der Waals surface area contributed by atoms with E-state index in [1.165, 1.54) is 21.8 Å². The molecule has 0 N–H and O–H groups in total. The first kappa shape index (κ1) is 20.0. The van der Waals surface area contributed by atoms with Crippen molar-refractivity contribution in [3.05, 3.63) is 69.5 Å². The minimum Gasteiger partial charge on any atom is -0.464 e. The first-order valence-electron chi connectivity index (χ1n) is 8.59. The number of halogens is 1. The summed E-state index contributed by atoms with van der Waals surface area (Å²) in [5.74, 6) is -1.18. The number of benzene rings is 1. The van der Waals surface area contributed by atoms with Gasteiger partial charge < -0.3 is 9.64 Å². The van der Waals surface area contributed by atoms with Crippen LogP contribution in [0.4, 0.5) is 10.1 Å². The van der Waals surface area contributed by atoms with Crippen LogP contribution >= 0.6 is 0 Å². The molecule has 0 saturated carbocycles. The second kappa shape index (κ2) is 8.09. The van der Waals surface area contributed by atoms with Gasteiger partial charge in [-0.3, -0.25) is 19.6 Å². The molecule has 1 aromatic carbocycles. The maximum Gasteiger partial charge on any atom is 0.311 e. The van der Waals surface area contributed by atoms with Gasteiger partial charge in [-0.05, 0) is 19.1 Å². The molecular formula is C18H19FN6O4. The molecule has 29 heavy (non-hydrogen) atoms. The number of rotatable bonds is 7. The van der Waals surface area contributed by atoms with E-state index in [0.717, 1.165) is 29.5 Å². The van der Waals surface area contributed by atoms with Gasteiger partial charge in [-0.2, -0.15) is 10.2 Å². The van der Waals surface area contributed by atoms with Gasteiger partial charge in [-0.1, -0.05) is 0 Å². The maximum absolute atomic E-state index is 13.4. The maximum atomic E-state index is 13.4. The average molecular weight is 402 g/mol. The number of hydrogen-bond acceptors (Lipinski definition) is 6. The number of nitro groups is 1. The summed E-state index contributed by atoms with van der Waals surface area (Å²) in [5, 5.41) is 19.4. The monoisotopic (exact) mass is 402 g/mol. The fourth-order valence-corrected chi connectivity index (χ4v) is 2.76. The van der Waals surface area contributed by atoms with E-state index in [1.807, 2.05) is 20.2 Å². The molecule has 0 aliphatic rings. The molecule has 152 valence electrons. The van der Waals surface area contributed by atoms with E-state index in [2.05, 4.69) is 10.2 Å². The van der Waals surface area contributed by atoms with Crippen molar-refractivity contribution in [2.24, 2.45) is 7.05 Å². The van der Waals surface area contributed by atoms with Crippen molar-refractivity contribution < 1.29 is 18.8 Å². The summed E-state index contributed by atoms with van der Waals surface area (Å²) in [6.45, 7) is 2.02. The molecule has 11 heteroatoms. The summed E-state index contributed by atoms with van der Waals surface area (Å²) in [5.41, 5.74) is 1.58. The molecule has 0 saturated heterocycles. The number of carbonyl (C=O) groups is 1. The van der Waals surface area contributed by atoms with Crippen molar-refractivity contribution >= 4 is 11.6 Å². The standard InChI is InChI=1S/C18H19FN6O4/c1-12-13(10-23(3)20-12)9-22(2)18(26)15-6-7-24(21-15)11-29-17-8-14(19)4-5-16(17)25(27)28/h4-8,10H,9,11H2,1-3H3. The SMILES string of the molecule is Cc1nn(C)cc1CN(C)C(=O)c1ccn(COc2cc(F)ccc2[N+](=O)[O-])n1. The number of aryl methyl sites for hydroxylation is 2. The van der Waals surface area contributed by atoms with E-state index in [1.54, 1.807) is 11.7 Å². The fraction of sp³-hybridized carbons (Fsp3) is 0.278. The Labute approximate surface area is 165 Å². The Hall–Kier alpha value is -3.76. The Morgan fingerprint density at radius 3 is 2.76 bits per heavy atom. The van der Waals surface area contributed by atoms with Crippen molar-refractivity contribution in [3.63, 3.8) is 0 Å². The van der Waals surface area contributed by atoms with E-state index >= 15 is 0 Å². The number of carbonyl (C=O) groups excluding carboxylic acids is 1. The fourth-order valence-electron chi connectivity index (χ4n) is 2.76. The van der Waals surface area contributed by atoms with Crippen molar-refractivity contribution in [2.45, 2.75) is 20.2 Å². The molecule has 0 fully saturated rings. The molecule has 1 amide bonds. The lowest BCUT2D eigenvalue weighted by molar-refractivity contribution is -0.386. The van der Waals surface area contributed by atoms with Crippen LogP contribution in [0.3, 0.4) is 0 Å². The zero-order chi connectivity index (χ0) is 21.1. The molecule has 0 bridgehead atoms. The number of aromatic nitrogens is 4. The Bertz CT molecular complexity index is 1060. The van der Waals surface area contributed by atoms with Crippen LogP contribution in [-0.2, 0) is 20.3 Å². The number of hydrogen-bond donors (Lipinski definition) is 0. The van der Waals surface area contributed by atoms with Gasteiger partial charge in [0.25, 0.3) is 5.91 Å². The third kappa shape index (κ3) is 4.57. The Morgan fingerprint density at radius 1 is 1.34 bits per heavy atom. The van der Waals surface area contributed by atoms with E-state index in [4.69, 9.17) is 4.74 Å². The highest BCUT2D eigenvalue weighted by Gasteiger charge is 2.18. The molecular weight excluding hydrogens is 383 g/mol. The molecule has 0 spiro atoms. The molecule has 3 aromatic rings. The molecule has 10 nitrogen and oxygen atoms in total. The molecule has 2 aromatic heterocycles. The predicted molar refractivity (Wildman–Crippen MR) is 99.7 cm³/mol. The third-order valence-electron chi connectivity index (χ3n) is 4.20. The van der Waals surface area contributed by atoms with E-state index < -0.39 is 10.7 Å². The highest BCUT2D eigenvalue weighted by molar-refractivity contribution is 5.91. The number of amides is 1. The van der Waals surface area contributed by atoms with Crippen LogP contribution in [0.25, 0.3) is 0 Å². The highest BCUT2D eigenvalue weighted by Crippen LogP contribution is 2.27. The normalized spacial score (nSPS) is 10.8. The van der Waals surface area contributed by atoms with E-state index in [-0.39, 0.29) is 29.8 Å². The van der Waals surface area contributed by atoms with Crippen LogP contribution < -0.4 is 4.74 Å². The van der Waals surface area contributed by atoms with Gasteiger partial charge in [0.05, 0.1) is 10.6 Å². The lowest BCUT2D eigenvalue weighted by atomic mass is 10.2. The van der Waals surface area contributed by atoms with Gasteiger partial charge in [-0.25, -0.2) is 9.07 Å². The molecule has 0 aliphatic carbocycles. The van der Waals surface area contributed by atoms with Gasteiger partial charge in [-0.15, -0.1) is 0 Å². The third-order valence-corrected chi connectivity index (χ3v) is 4.20. The zero-order valence-corrected chi connectivity index (χ0v) is 16.1. The number of nitrogens with zero attached hydrogens (tertiary/aromatic N) is 6. The minimum atomic E-state index is -0.664. The zero-order valence-electron chi connectivity index (χ0n) is 16.1. The lowest BCUT2D eigenvalue weighted by Crippen LogP contribution is -2.27. The Balaban J connectivity index is 1.66. The summed E-state index contributed by atoms with van der Waals surface area (Å²) in [7, 11) is 3.46. The highest BCUT2D eigenvalue weighted by atomic mass is 19.1. The largest absolute Gasteiger partial charge is 0.464 e. The summed E-state index contributed by atoms with van der Waals surface area (Å²) in [6.07, 6.45) is 3.35. The molecule has 0 aliphatic heterocycles. The van der Waals surface area contributed by atoms with Gasteiger partial charge >= 0.3 is 5.69 Å². The van der Waals surface area contributed by atoms with Gasteiger partial charge in [0.1, 0.15) is 5.82 Å². The second-order valence-corrected chi connectivity index (χ2v) is 6.46. The summed E-state index contributed by atoms with van der Waals surface area (Å²) >= 11 is 0. The van der Waals surface area contributed by atoms with Crippen LogP contribution in [0.15, 0.2) is 36.7 Å². The van der Waals surface area contributed by atoms with Crippen molar-refractivity contribution in [1.82, 2.24) is 24.5 Å². The number of nitro benzene ring substituents is 1. The van der Waals surface area contributed by atoms with Crippen LogP contribution in [0.5, 0.6) is 5.75 Å². The topological polar surface area (TPSA) is 108 Å². The van der Waals surface area contributed by atoms with Crippen molar-refractivity contribution in [1.29, 1.82) is 0 Å². The predicted octanol–water partition coefficient (Wildman–Crippen LogP) is 2.28. The smallest absolute Gasteiger partial charge is 0.311 e. The van der Waals surface area contributed by atoms with E-state index in [0.29, 0.717) is 6.54 Å². The Kier molecular flexibility index (Phi) is 5.57. The van der Waals surface area contributed by atoms with Crippen LogP contribution in [0.1, 0.15) is 21.7 Å². The van der Waals surface area contributed by atoms with Crippen LogP contribution in [0.2, 0.25) is 0 Å². The Morgan fingerprint density at radius 2 is 2.10 bits per heavy atom. The summed E-state index contributed by atoms with van der Waals surface area (Å²) in [4.78, 5) is 24.4. The van der Waals surface area contributed by atoms with Gasteiger partial charge in [0.2, 0.25) is 5.75 Å². The van der Waals surface area contributed by atoms with Crippen molar-refractivity contribution in [3.8, 4) is 5.75 Å². The summed E-state index contributed by atoms with van der Waals surface area (Å²) in [6, 6.07) is 4.45. The quantitative estimate of drug-likeness (QED) is 0.443. The number of ether oxygens (including phenoxy) is 1. The average Bonchev–Trinajstić information content (AvgIpc) is 3.25. The first-order valence-corrected chi connectivity index (χ1v) is 8.59. The molecule has 0 unspecified atom stereocenters. The molecule has 3 rings (SSSR count). The van der Waals surface area contributed by atoms with Gasteiger partial charge in [0.15, 0.2) is 12.4 Å². The van der Waals surface area contributed by atoms with Crippen molar-refractivity contribution in [2.75, 3.05) is 7.05 Å². The molecule has 0 atom stereocenters. The second-order valence-electron chi connectivity index (χ2n) is 6.46. The first-order chi connectivity index (χ1) is 13.7. The lowest BCUT2D eigenvalue weighted by Gasteiger charge is -2.15. The summed E-state index contributed by atoms with van der Waals surface area (Å²) < 4.78 is 21.7. The van der Waals surface area contributed by atoms with E-state index in [9.17, 15) is 19.3 Å². The molecule has 2 heterocycles.